The quantitative estimate of drug-likeness (QED) is 0.0571. The Kier molecular flexibility index (Phi) is 21.5. The molecule has 0 bridgehead atoms. The predicted octanol–water partition coefficient (Wildman–Crippen LogP) is -12.7. The molecular formula is C42H65N3O33. The molecule has 446 valence electrons. The highest BCUT2D eigenvalue weighted by atomic mass is 16.8. The summed E-state index contributed by atoms with van der Waals surface area (Å²) >= 11 is 0. The molecule has 0 aliphatic carbocycles. The van der Waals surface area contributed by atoms with E-state index in [4.69, 9.17) is 52.1 Å². The summed E-state index contributed by atoms with van der Waals surface area (Å²) in [7, 11) is 0. The van der Waals surface area contributed by atoms with Crippen LogP contribution in [0.1, 0.15) is 20.8 Å². The van der Waals surface area contributed by atoms with Gasteiger partial charge in [0.05, 0.1) is 26.4 Å². The average molecular weight is 1140 g/mol. The van der Waals surface area contributed by atoms with Crippen molar-refractivity contribution in [2.75, 3.05) is 26.4 Å². The third-order valence-electron chi connectivity index (χ3n) is 13.4. The third-order valence-corrected chi connectivity index (χ3v) is 13.4. The maximum absolute atomic E-state index is 12.9. The number of carboxylic acid groups (broad SMARTS) is 3. The number of nitrogens with one attached hydrogen (secondary N) is 3. The summed E-state index contributed by atoms with van der Waals surface area (Å²) in [6.45, 7) is -0.990. The van der Waals surface area contributed by atoms with Gasteiger partial charge in [-0.15, -0.1) is 0 Å². The number of carbonyl (C=O) groups excluding carboxylic acids is 3. The van der Waals surface area contributed by atoms with Crippen molar-refractivity contribution in [3.05, 3.63) is 0 Å². The lowest BCUT2D eigenvalue weighted by atomic mass is 9.93. The zero-order valence-electron chi connectivity index (χ0n) is 41.2. The van der Waals surface area contributed by atoms with Crippen molar-refractivity contribution in [2.24, 2.45) is 0 Å². The summed E-state index contributed by atoms with van der Waals surface area (Å²) in [6, 6.07) is -5.53. The summed E-state index contributed by atoms with van der Waals surface area (Å²) in [5, 5.41) is 178. The van der Waals surface area contributed by atoms with Gasteiger partial charge in [0.25, 0.3) is 0 Å². The van der Waals surface area contributed by atoms with Gasteiger partial charge in [-0.3, -0.25) is 14.4 Å². The molecule has 6 saturated heterocycles. The molecule has 6 aliphatic rings. The van der Waals surface area contributed by atoms with Gasteiger partial charge in [0, 0.05) is 20.8 Å². The van der Waals surface area contributed by atoms with E-state index >= 15 is 0 Å². The predicted molar refractivity (Wildman–Crippen MR) is 234 cm³/mol. The molecule has 0 radical (unpaired) electrons. The van der Waals surface area contributed by atoms with Crippen LogP contribution in [-0.4, -0.2) is 322 Å². The van der Waals surface area contributed by atoms with Crippen molar-refractivity contribution >= 4 is 35.6 Å². The minimum atomic E-state index is -2.50. The Morgan fingerprint density at radius 1 is 0.385 bits per heavy atom. The number of rotatable bonds is 19. The Morgan fingerprint density at radius 3 is 1.05 bits per heavy atom. The molecule has 0 aromatic carbocycles. The maximum Gasteiger partial charge on any atom is 0.335 e. The van der Waals surface area contributed by atoms with Crippen LogP contribution in [0.15, 0.2) is 0 Å². The lowest BCUT2D eigenvalue weighted by molar-refractivity contribution is -0.376. The van der Waals surface area contributed by atoms with Gasteiger partial charge in [-0.05, 0) is 0 Å². The Bertz CT molecular complexity index is 2080. The molecule has 3 amide bonds. The van der Waals surface area contributed by atoms with Crippen LogP contribution in [0.3, 0.4) is 0 Å². The van der Waals surface area contributed by atoms with Crippen LogP contribution in [-0.2, 0) is 80.9 Å². The first kappa shape index (κ1) is 63.0. The second-order valence-electron chi connectivity index (χ2n) is 19.0. The van der Waals surface area contributed by atoms with E-state index in [1.807, 2.05) is 0 Å². The molecule has 29 atom stereocenters. The zero-order chi connectivity index (χ0) is 57.9. The first-order chi connectivity index (χ1) is 36.6. The smallest absolute Gasteiger partial charge is 0.335 e. The van der Waals surface area contributed by atoms with Crippen molar-refractivity contribution in [3.63, 3.8) is 0 Å². The lowest BCUT2D eigenvalue weighted by Gasteiger charge is -2.50. The van der Waals surface area contributed by atoms with Gasteiger partial charge >= 0.3 is 17.9 Å². The highest BCUT2D eigenvalue weighted by molar-refractivity contribution is 5.75. The zero-order valence-corrected chi connectivity index (χ0v) is 41.2. The van der Waals surface area contributed by atoms with Crippen molar-refractivity contribution in [1.29, 1.82) is 0 Å². The molecule has 6 rings (SSSR count). The Morgan fingerprint density at radius 2 is 0.705 bits per heavy atom. The molecule has 0 saturated carbocycles. The normalized spacial score (nSPS) is 46.1. The number of carboxylic acids is 3. The summed E-state index contributed by atoms with van der Waals surface area (Å²) in [5.41, 5.74) is 0. The Balaban J connectivity index is 1.25. The van der Waals surface area contributed by atoms with Crippen LogP contribution >= 0.6 is 0 Å². The maximum atomic E-state index is 12.9. The van der Waals surface area contributed by atoms with E-state index in [0.29, 0.717) is 0 Å². The van der Waals surface area contributed by atoms with Gasteiger partial charge < -0.3 is 150 Å². The number of amides is 3. The molecule has 6 heterocycles. The molecular weight excluding hydrogens is 1070 g/mol. The van der Waals surface area contributed by atoms with Crippen molar-refractivity contribution < 1.29 is 163 Å². The monoisotopic (exact) mass is 1140 g/mol. The van der Waals surface area contributed by atoms with E-state index < -0.39 is 240 Å². The molecule has 78 heavy (non-hydrogen) atoms. The van der Waals surface area contributed by atoms with Crippen molar-refractivity contribution in [1.82, 2.24) is 16.0 Å². The van der Waals surface area contributed by atoms with E-state index in [1.54, 1.807) is 0 Å². The van der Waals surface area contributed by atoms with Crippen LogP contribution < -0.4 is 16.0 Å². The molecule has 36 nitrogen and oxygen atoms in total. The van der Waals surface area contributed by atoms with Crippen molar-refractivity contribution in [2.45, 2.75) is 199 Å². The van der Waals surface area contributed by atoms with E-state index in [0.717, 1.165) is 20.8 Å². The number of aliphatic hydroxyl groups excluding tert-OH is 13. The minimum Gasteiger partial charge on any atom is -0.479 e. The van der Waals surface area contributed by atoms with Crippen LogP contribution in [0.2, 0.25) is 0 Å². The summed E-state index contributed by atoms with van der Waals surface area (Å²) in [5.74, 6) is -8.35. The molecule has 0 spiro atoms. The first-order valence-electron chi connectivity index (χ1n) is 23.9. The van der Waals surface area contributed by atoms with Crippen LogP contribution in [0.25, 0.3) is 0 Å². The van der Waals surface area contributed by atoms with E-state index in [2.05, 4.69) is 16.0 Å². The summed E-state index contributed by atoms with van der Waals surface area (Å²) in [4.78, 5) is 74.9. The van der Waals surface area contributed by atoms with Crippen LogP contribution in [0.5, 0.6) is 0 Å². The molecule has 36 heteroatoms. The fourth-order valence-electron chi connectivity index (χ4n) is 9.59. The second-order valence-corrected chi connectivity index (χ2v) is 19.0. The molecule has 0 unspecified atom stereocenters. The number of aliphatic carboxylic acids is 3. The SMILES string of the molecule is CC(=O)N[C@H]1[C@H](O[C@H]2[C@H](O)[C@@H](O)[C@H](O[C@H]3[C@H](O)[C@@H](CO)O[C@@H](O[C@H]4[C@H](O)[C@@H](O)[C@H](O[C@H]5[C@H](O)[C@@H](CO)O[C@@H](O[C@H]6[C@H](O)[C@@H](O)CO[C@@H]6C(=O)O)[C@@H]5NC(C)=O)O[C@@H]4C(=O)O)[C@@H]3NC(C)=O)O[C@@H]2C(=O)O)O[C@H](CO)[C@@H](O)[C@@H]1O. The van der Waals surface area contributed by atoms with Gasteiger partial charge in [0.1, 0.15) is 128 Å². The Labute approximate surface area is 438 Å². The molecule has 6 fully saturated rings. The largest absolute Gasteiger partial charge is 0.479 e. The number of carbonyl (C=O) groups is 6. The highest BCUT2D eigenvalue weighted by Crippen LogP contribution is 2.37. The molecule has 6 aliphatic heterocycles. The summed E-state index contributed by atoms with van der Waals surface area (Å²) < 4.78 is 61.6. The van der Waals surface area contributed by atoms with E-state index in [9.17, 15) is 110 Å². The second kappa shape index (κ2) is 26.6. The molecule has 0 aromatic rings. The number of ether oxygens (including phenoxy) is 11. The van der Waals surface area contributed by atoms with Gasteiger partial charge in [0.15, 0.2) is 49.8 Å². The standard InChI is InChI=1S/C42H65N3O33/c1-8(49)43-15-22(57)19(54)12(4-46)69-38(15)75-30-23(58)25(60)41(77-33(30)36(64)65)73-28-17(45-10(3)51)40(71-14(6-48)21(28)56)76-31-24(59)26(61)42(78-34(31)37(66)67)72-27-16(44-9(2)50)39(70-13(5-47)20(27)55)74-29-18(53)11(52)7-68-32(29)35(62)63/h11-34,38-42,46-48,52-61H,4-7H2,1-3H3,(H,43,49)(H,44,50)(H,45,51)(H,62,63)(H,64,65)(H,66,67)/t11-,12+,13+,14+,15+,16+,17+,18+,19+,20+,21+,22+,23+,24+,25+,26+,27+,28+,29-,30-,31-,32-,33-,34-,38-,39-,40-,41+,42+/m0/s1. The fraction of sp³-hybridized carbons (Fsp3) is 0.857. The van der Waals surface area contributed by atoms with Gasteiger partial charge in [-0.2, -0.15) is 0 Å². The number of hydrogen-bond acceptors (Lipinski definition) is 30. The average Bonchev–Trinajstić information content (AvgIpc) is 3.46. The highest BCUT2D eigenvalue weighted by Gasteiger charge is 2.60. The van der Waals surface area contributed by atoms with Crippen LogP contribution in [0, 0.1) is 0 Å². The molecule has 0 aromatic heterocycles. The topological polar surface area (TPSA) is 564 Å². The van der Waals surface area contributed by atoms with Gasteiger partial charge in [-0.25, -0.2) is 14.4 Å². The van der Waals surface area contributed by atoms with Crippen LogP contribution in [0.4, 0.5) is 0 Å². The fourth-order valence-corrected chi connectivity index (χ4v) is 9.59. The first-order valence-corrected chi connectivity index (χ1v) is 23.9. The third kappa shape index (κ3) is 13.6. The van der Waals surface area contributed by atoms with Gasteiger partial charge in [-0.1, -0.05) is 0 Å². The Hall–Kier alpha value is -4.14. The van der Waals surface area contributed by atoms with E-state index in [-0.39, 0.29) is 0 Å². The molecule has 19 N–H and O–H groups in total. The lowest BCUT2D eigenvalue weighted by Crippen LogP contribution is -2.71. The van der Waals surface area contributed by atoms with E-state index in [1.165, 1.54) is 0 Å². The minimum absolute atomic E-state index is 0.662. The van der Waals surface area contributed by atoms with Crippen molar-refractivity contribution in [3.8, 4) is 0 Å². The number of aliphatic hydroxyl groups is 13. The summed E-state index contributed by atoms with van der Waals surface area (Å²) in [6.07, 6.45) is -55.2. The number of hydrogen-bond donors (Lipinski definition) is 19. The van der Waals surface area contributed by atoms with Gasteiger partial charge in [0.2, 0.25) is 17.7 Å².